The number of hydrogen-bond acceptors (Lipinski definition) is 4. The Hall–Kier alpha value is -2.16. The first kappa shape index (κ1) is 22.1. The fourth-order valence-electron chi connectivity index (χ4n) is 2.88. The van der Waals surface area contributed by atoms with Crippen molar-refractivity contribution in [1.82, 2.24) is 5.32 Å². The van der Waals surface area contributed by atoms with Gasteiger partial charge in [0, 0.05) is 12.6 Å². The minimum atomic E-state index is -3.97. The van der Waals surface area contributed by atoms with E-state index in [1.165, 1.54) is 25.1 Å². The fourth-order valence-corrected chi connectivity index (χ4v) is 4.19. The molecular formula is C19H23ClFN3O3S. The molecule has 1 saturated carbocycles. The second kappa shape index (κ2) is 8.89. The van der Waals surface area contributed by atoms with Crippen molar-refractivity contribution in [3.63, 3.8) is 0 Å². The van der Waals surface area contributed by atoms with Crippen LogP contribution in [0.15, 0.2) is 47.4 Å². The van der Waals surface area contributed by atoms with Crippen LogP contribution in [0.3, 0.4) is 0 Å². The molecule has 28 heavy (non-hydrogen) atoms. The zero-order chi connectivity index (χ0) is 19.6. The summed E-state index contributed by atoms with van der Waals surface area (Å²) in [6, 6.07) is 9.65. The van der Waals surface area contributed by atoms with Gasteiger partial charge in [0.05, 0.1) is 16.1 Å². The Morgan fingerprint density at radius 1 is 1.25 bits per heavy atom. The van der Waals surface area contributed by atoms with Gasteiger partial charge < -0.3 is 11.1 Å². The summed E-state index contributed by atoms with van der Waals surface area (Å²) in [7, 11) is -3.97. The molecule has 1 atom stereocenters. The van der Waals surface area contributed by atoms with Crippen LogP contribution in [-0.2, 0) is 10.0 Å². The quantitative estimate of drug-likeness (QED) is 0.632. The maximum absolute atomic E-state index is 13.3. The number of anilines is 1. The molecule has 0 heterocycles. The predicted octanol–water partition coefficient (Wildman–Crippen LogP) is 2.82. The second-order valence-electron chi connectivity index (χ2n) is 6.77. The van der Waals surface area contributed by atoms with Crippen LogP contribution in [0.5, 0.6) is 0 Å². The van der Waals surface area contributed by atoms with Crippen LogP contribution in [0.2, 0.25) is 0 Å². The summed E-state index contributed by atoms with van der Waals surface area (Å²) in [5.41, 5.74) is 6.62. The van der Waals surface area contributed by atoms with Crippen LogP contribution in [-0.4, -0.2) is 26.9 Å². The maximum atomic E-state index is 13.3. The largest absolute Gasteiger partial charge is 0.350 e. The first-order valence-corrected chi connectivity index (χ1v) is 10.2. The first-order valence-electron chi connectivity index (χ1n) is 8.70. The van der Waals surface area contributed by atoms with Gasteiger partial charge in [0.25, 0.3) is 15.9 Å². The van der Waals surface area contributed by atoms with Crippen LogP contribution < -0.4 is 15.8 Å². The summed E-state index contributed by atoms with van der Waals surface area (Å²) in [5.74, 6) is -0.473. The van der Waals surface area contributed by atoms with Crippen LogP contribution in [0, 0.1) is 18.7 Å². The van der Waals surface area contributed by atoms with Crippen molar-refractivity contribution in [2.45, 2.75) is 30.7 Å². The van der Waals surface area contributed by atoms with E-state index in [1.807, 2.05) is 0 Å². The van der Waals surface area contributed by atoms with Crippen molar-refractivity contribution in [3.05, 3.63) is 59.4 Å². The van der Waals surface area contributed by atoms with E-state index >= 15 is 0 Å². The lowest BCUT2D eigenvalue weighted by atomic mass is 10.1. The van der Waals surface area contributed by atoms with Gasteiger partial charge in [-0.3, -0.25) is 9.52 Å². The lowest BCUT2D eigenvalue weighted by Gasteiger charge is -2.15. The molecule has 0 aliphatic heterocycles. The molecule has 0 saturated heterocycles. The number of nitrogens with one attached hydrogen (secondary N) is 2. The molecule has 1 aliphatic rings. The number of rotatable bonds is 7. The molecule has 0 spiro atoms. The summed E-state index contributed by atoms with van der Waals surface area (Å²) in [4.78, 5) is 12.4. The molecule has 2 aromatic carbocycles. The number of aryl methyl sites for hydroxylation is 1. The third-order valence-corrected chi connectivity index (χ3v) is 6.09. The number of carbonyl (C=O) groups excluding carboxylic acids is 1. The number of amides is 1. The van der Waals surface area contributed by atoms with Crippen LogP contribution >= 0.6 is 12.4 Å². The van der Waals surface area contributed by atoms with Crippen molar-refractivity contribution in [2.24, 2.45) is 11.7 Å². The number of benzene rings is 2. The monoisotopic (exact) mass is 427 g/mol. The molecule has 152 valence electrons. The van der Waals surface area contributed by atoms with Gasteiger partial charge in [-0.25, -0.2) is 12.8 Å². The standard InChI is InChI=1S/C19H22FN3O3S.ClH/c1-12-10-14(20)8-9-18(12)27(25,26)23-17-5-3-2-4-15(17)19(24)22-11-16(21)13-6-7-13;/h2-5,8-10,13,16,23H,6-7,11,21H2,1H3,(H,22,24);1H. The van der Waals surface area contributed by atoms with Gasteiger partial charge in [0.2, 0.25) is 0 Å². The molecule has 2 aromatic rings. The number of carbonyl (C=O) groups is 1. The molecule has 6 nitrogen and oxygen atoms in total. The van der Waals surface area contributed by atoms with E-state index < -0.39 is 21.7 Å². The number of para-hydroxylation sites is 1. The van der Waals surface area contributed by atoms with Gasteiger partial charge >= 0.3 is 0 Å². The van der Waals surface area contributed by atoms with Gasteiger partial charge in [-0.1, -0.05) is 12.1 Å². The Bertz CT molecular complexity index is 965. The van der Waals surface area contributed by atoms with Crippen LogP contribution in [0.1, 0.15) is 28.8 Å². The Balaban J connectivity index is 0.00000280. The Kier molecular flexibility index (Phi) is 7.03. The van der Waals surface area contributed by atoms with Gasteiger partial charge in [-0.2, -0.15) is 0 Å². The highest BCUT2D eigenvalue weighted by atomic mass is 35.5. The predicted molar refractivity (Wildman–Crippen MR) is 109 cm³/mol. The molecule has 0 bridgehead atoms. The summed E-state index contributed by atoms with van der Waals surface area (Å²) in [6.45, 7) is 1.84. The third kappa shape index (κ3) is 5.21. The average molecular weight is 428 g/mol. The van der Waals surface area contributed by atoms with Crippen molar-refractivity contribution in [1.29, 1.82) is 0 Å². The molecule has 1 amide bonds. The zero-order valence-electron chi connectivity index (χ0n) is 15.3. The first-order chi connectivity index (χ1) is 12.8. The van der Waals surface area contributed by atoms with Crippen molar-refractivity contribution < 1.29 is 17.6 Å². The molecule has 9 heteroatoms. The highest BCUT2D eigenvalue weighted by molar-refractivity contribution is 7.92. The van der Waals surface area contributed by atoms with Gasteiger partial charge in [-0.05, 0) is 61.6 Å². The molecule has 1 fully saturated rings. The summed E-state index contributed by atoms with van der Waals surface area (Å²) < 4.78 is 41.1. The van der Waals surface area contributed by atoms with E-state index in [2.05, 4.69) is 10.0 Å². The number of sulfonamides is 1. The van der Waals surface area contributed by atoms with E-state index in [9.17, 15) is 17.6 Å². The fraction of sp³-hybridized carbons (Fsp3) is 0.316. The van der Waals surface area contributed by atoms with E-state index in [0.717, 1.165) is 25.0 Å². The van der Waals surface area contributed by atoms with Crippen LogP contribution in [0.4, 0.5) is 10.1 Å². The lowest BCUT2D eigenvalue weighted by Crippen LogP contribution is -2.38. The third-order valence-electron chi connectivity index (χ3n) is 4.57. The summed E-state index contributed by atoms with van der Waals surface area (Å²) >= 11 is 0. The highest BCUT2D eigenvalue weighted by Gasteiger charge is 2.29. The number of halogens is 2. The highest BCUT2D eigenvalue weighted by Crippen LogP contribution is 2.31. The number of nitrogens with two attached hydrogens (primary N) is 1. The average Bonchev–Trinajstić information content (AvgIpc) is 3.44. The molecule has 0 radical (unpaired) electrons. The van der Waals surface area contributed by atoms with Gasteiger partial charge in [-0.15, -0.1) is 12.4 Å². The minimum Gasteiger partial charge on any atom is -0.350 e. The van der Waals surface area contributed by atoms with Crippen molar-refractivity contribution in [3.8, 4) is 0 Å². The molecular weight excluding hydrogens is 405 g/mol. The molecule has 4 N–H and O–H groups in total. The Morgan fingerprint density at radius 2 is 1.93 bits per heavy atom. The molecule has 3 rings (SSSR count). The summed E-state index contributed by atoms with van der Waals surface area (Å²) in [5, 5.41) is 2.76. The molecule has 1 unspecified atom stereocenters. The SMILES string of the molecule is Cc1cc(F)ccc1S(=O)(=O)Nc1ccccc1C(=O)NCC(N)C1CC1.Cl. The molecule has 0 aromatic heterocycles. The van der Waals surface area contributed by atoms with E-state index in [1.54, 1.807) is 12.1 Å². The lowest BCUT2D eigenvalue weighted by molar-refractivity contribution is 0.0951. The maximum Gasteiger partial charge on any atom is 0.262 e. The number of hydrogen-bond donors (Lipinski definition) is 3. The topological polar surface area (TPSA) is 101 Å². The van der Waals surface area contributed by atoms with Gasteiger partial charge in [0.1, 0.15) is 5.82 Å². The van der Waals surface area contributed by atoms with Gasteiger partial charge in [0.15, 0.2) is 0 Å². The van der Waals surface area contributed by atoms with E-state index in [-0.39, 0.29) is 40.2 Å². The normalized spacial score (nSPS) is 14.7. The molecule has 1 aliphatic carbocycles. The van der Waals surface area contributed by atoms with E-state index in [0.29, 0.717) is 12.5 Å². The van der Waals surface area contributed by atoms with E-state index in [4.69, 9.17) is 5.73 Å². The van der Waals surface area contributed by atoms with Crippen molar-refractivity contribution >= 4 is 34.0 Å². The smallest absolute Gasteiger partial charge is 0.262 e. The van der Waals surface area contributed by atoms with Crippen LogP contribution in [0.25, 0.3) is 0 Å². The Labute approximate surface area is 170 Å². The Morgan fingerprint density at radius 3 is 2.57 bits per heavy atom. The van der Waals surface area contributed by atoms with Crippen molar-refractivity contribution in [2.75, 3.05) is 11.3 Å². The minimum absolute atomic E-state index is 0. The second-order valence-corrected chi connectivity index (χ2v) is 8.42. The zero-order valence-corrected chi connectivity index (χ0v) is 16.9. The summed E-state index contributed by atoms with van der Waals surface area (Å²) in [6.07, 6.45) is 2.15.